The first kappa shape index (κ1) is 19.8. The minimum atomic E-state index is -1.56. The third-order valence-corrected chi connectivity index (χ3v) is 9.72. The Hall–Kier alpha value is -0.490. The summed E-state index contributed by atoms with van der Waals surface area (Å²) in [6, 6.07) is 0. The van der Waals surface area contributed by atoms with Crippen LogP contribution in [0.15, 0.2) is 0 Å². The molecule has 4 saturated carbocycles. The number of ketones is 1. The summed E-state index contributed by atoms with van der Waals surface area (Å²) in [6.07, 6.45) is 5.03. The van der Waals surface area contributed by atoms with Crippen molar-refractivity contribution in [1.29, 1.82) is 0 Å². The van der Waals surface area contributed by atoms with Crippen molar-refractivity contribution in [2.45, 2.75) is 83.5 Å². The molecule has 0 radical (unpaired) electrons. The van der Waals surface area contributed by atoms with Gasteiger partial charge in [-0.3, -0.25) is 4.79 Å². The molecule has 5 heteroatoms. The molecule has 5 nitrogen and oxygen atoms in total. The smallest absolute Gasteiger partial charge is 0.190 e. The van der Waals surface area contributed by atoms with Crippen LogP contribution in [0.25, 0.3) is 0 Å². The lowest BCUT2D eigenvalue weighted by molar-refractivity contribution is -0.205. The highest BCUT2D eigenvalue weighted by atomic mass is 16.3. The molecule has 0 bridgehead atoms. The van der Waals surface area contributed by atoms with E-state index in [0.29, 0.717) is 18.3 Å². The summed E-state index contributed by atoms with van der Waals surface area (Å²) < 4.78 is 0. The van der Waals surface area contributed by atoms with Gasteiger partial charge in [-0.25, -0.2) is 0 Å². The van der Waals surface area contributed by atoms with Crippen LogP contribution in [0.1, 0.15) is 65.7 Å². The van der Waals surface area contributed by atoms with Gasteiger partial charge in [0, 0.05) is 5.41 Å². The normalized spacial score (nSPS) is 57.5. The summed E-state index contributed by atoms with van der Waals surface area (Å²) in [6.45, 7) is 5.54. The third kappa shape index (κ3) is 2.41. The number of aliphatic hydroxyl groups excluding tert-OH is 3. The molecule has 4 rings (SSSR count). The average molecular weight is 381 g/mol. The Bertz CT molecular complexity index is 622. The summed E-state index contributed by atoms with van der Waals surface area (Å²) >= 11 is 0. The molecular formula is C22H36O5. The SMILES string of the molecule is CC1C[C@H]2[C@@H]3CCC4CC(O)CC[C@]4(C)[C@H]3C(O)C[C@]2(C)[C@@]1(O)C(=O)CO. The second-order valence-corrected chi connectivity index (χ2v) is 10.7. The van der Waals surface area contributed by atoms with Crippen LogP contribution < -0.4 is 0 Å². The molecule has 0 aromatic carbocycles. The molecule has 0 aromatic rings. The summed E-state index contributed by atoms with van der Waals surface area (Å²) in [5, 5.41) is 42.4. The molecular weight excluding hydrogens is 344 g/mol. The van der Waals surface area contributed by atoms with Gasteiger partial charge in [0.25, 0.3) is 0 Å². The lowest BCUT2D eigenvalue weighted by atomic mass is 9.43. The van der Waals surface area contributed by atoms with Crippen LogP contribution in [0.5, 0.6) is 0 Å². The molecule has 4 N–H and O–H groups in total. The highest BCUT2D eigenvalue weighted by Crippen LogP contribution is 2.69. The maximum atomic E-state index is 12.6. The predicted molar refractivity (Wildman–Crippen MR) is 101 cm³/mol. The number of Topliss-reactive ketones (excluding diaryl/α,β-unsaturated/α-hetero) is 1. The van der Waals surface area contributed by atoms with Crippen molar-refractivity contribution in [1.82, 2.24) is 0 Å². The van der Waals surface area contributed by atoms with E-state index in [4.69, 9.17) is 0 Å². The number of hydrogen-bond donors (Lipinski definition) is 4. The van der Waals surface area contributed by atoms with Gasteiger partial charge in [-0.2, -0.15) is 0 Å². The van der Waals surface area contributed by atoms with Crippen LogP contribution >= 0.6 is 0 Å². The van der Waals surface area contributed by atoms with Crippen molar-refractivity contribution in [3.8, 4) is 0 Å². The first-order valence-electron chi connectivity index (χ1n) is 10.8. The number of carbonyl (C=O) groups is 1. The molecule has 0 saturated heterocycles. The van der Waals surface area contributed by atoms with E-state index in [-0.39, 0.29) is 29.3 Å². The van der Waals surface area contributed by atoms with Crippen molar-refractivity contribution < 1.29 is 25.2 Å². The van der Waals surface area contributed by atoms with Crippen LogP contribution in [0, 0.1) is 40.4 Å². The molecule has 4 fully saturated rings. The minimum Gasteiger partial charge on any atom is -0.393 e. The Morgan fingerprint density at radius 3 is 2.48 bits per heavy atom. The Kier molecular flexibility index (Phi) is 4.59. The van der Waals surface area contributed by atoms with Crippen molar-refractivity contribution >= 4 is 5.78 Å². The predicted octanol–water partition coefficient (Wildman–Crippen LogP) is 1.90. The second kappa shape index (κ2) is 6.25. The number of fused-ring (bicyclic) bond motifs is 5. The van der Waals surface area contributed by atoms with E-state index in [1.807, 2.05) is 13.8 Å². The molecule has 0 heterocycles. The first-order valence-corrected chi connectivity index (χ1v) is 10.8. The van der Waals surface area contributed by atoms with E-state index in [1.54, 1.807) is 0 Å². The summed E-state index contributed by atoms with van der Waals surface area (Å²) in [4.78, 5) is 12.6. The van der Waals surface area contributed by atoms with Crippen molar-refractivity contribution in [2.24, 2.45) is 40.4 Å². The molecule has 0 aliphatic heterocycles. The monoisotopic (exact) mass is 380 g/mol. The molecule has 0 spiro atoms. The highest BCUT2D eigenvalue weighted by molar-refractivity contribution is 5.90. The van der Waals surface area contributed by atoms with Gasteiger partial charge in [-0.15, -0.1) is 0 Å². The van der Waals surface area contributed by atoms with E-state index >= 15 is 0 Å². The average Bonchev–Trinajstić information content (AvgIpc) is 2.82. The van der Waals surface area contributed by atoms with Gasteiger partial charge in [-0.1, -0.05) is 20.8 Å². The maximum Gasteiger partial charge on any atom is 0.190 e. The fourth-order valence-corrected chi connectivity index (χ4v) is 8.41. The van der Waals surface area contributed by atoms with Crippen LogP contribution in [-0.2, 0) is 4.79 Å². The molecule has 4 aliphatic carbocycles. The standard InChI is InChI=1S/C22H36O5/c1-12-8-16-15-5-4-13-9-14(24)6-7-20(13,2)19(15)17(25)10-21(16,3)22(12,27)18(26)11-23/h12-17,19,23-25,27H,4-11H2,1-3H3/t12?,13?,14?,15-,16-,17?,19+,20-,21-,22-/m0/s1. The summed E-state index contributed by atoms with van der Waals surface area (Å²) in [5.74, 6) is 0.381. The molecule has 4 unspecified atom stereocenters. The Morgan fingerprint density at radius 2 is 1.81 bits per heavy atom. The summed E-state index contributed by atoms with van der Waals surface area (Å²) in [5.41, 5.74) is -2.23. The van der Waals surface area contributed by atoms with Gasteiger partial charge >= 0.3 is 0 Å². The largest absolute Gasteiger partial charge is 0.393 e. The number of hydrogen-bond acceptors (Lipinski definition) is 5. The Balaban J connectivity index is 1.72. The lowest BCUT2D eigenvalue weighted by Crippen LogP contribution is -2.64. The fraction of sp³-hybridized carbons (Fsp3) is 0.955. The van der Waals surface area contributed by atoms with Crippen LogP contribution in [-0.4, -0.2) is 50.6 Å². The zero-order valence-electron chi connectivity index (χ0n) is 16.9. The molecule has 4 aliphatic rings. The van der Waals surface area contributed by atoms with Crippen LogP contribution in [0.2, 0.25) is 0 Å². The molecule has 154 valence electrons. The van der Waals surface area contributed by atoms with E-state index in [0.717, 1.165) is 38.5 Å². The molecule has 10 atom stereocenters. The van der Waals surface area contributed by atoms with Crippen molar-refractivity contribution in [3.05, 3.63) is 0 Å². The molecule has 0 amide bonds. The topological polar surface area (TPSA) is 98.0 Å². The highest BCUT2D eigenvalue weighted by Gasteiger charge is 2.70. The first-order chi connectivity index (χ1) is 12.6. The van der Waals surface area contributed by atoms with Crippen molar-refractivity contribution in [2.75, 3.05) is 6.61 Å². The maximum absolute atomic E-state index is 12.6. The Morgan fingerprint density at radius 1 is 1.11 bits per heavy atom. The third-order valence-electron chi connectivity index (χ3n) is 9.72. The minimum absolute atomic E-state index is 0.0217. The van der Waals surface area contributed by atoms with Gasteiger partial charge in [0.1, 0.15) is 12.2 Å². The number of aliphatic hydroxyl groups is 4. The van der Waals surface area contributed by atoms with E-state index in [2.05, 4.69) is 6.92 Å². The van der Waals surface area contributed by atoms with Crippen LogP contribution in [0.4, 0.5) is 0 Å². The number of carbonyl (C=O) groups excluding carboxylic acids is 1. The summed E-state index contributed by atoms with van der Waals surface area (Å²) in [7, 11) is 0. The zero-order chi connectivity index (χ0) is 19.8. The van der Waals surface area contributed by atoms with Gasteiger partial charge in [0.15, 0.2) is 5.78 Å². The van der Waals surface area contributed by atoms with E-state index in [1.165, 1.54) is 0 Å². The fourth-order valence-electron chi connectivity index (χ4n) is 8.41. The van der Waals surface area contributed by atoms with E-state index in [9.17, 15) is 25.2 Å². The van der Waals surface area contributed by atoms with E-state index < -0.39 is 29.5 Å². The molecule has 0 aromatic heterocycles. The van der Waals surface area contributed by atoms with Crippen LogP contribution in [0.3, 0.4) is 0 Å². The quantitative estimate of drug-likeness (QED) is 0.587. The lowest BCUT2D eigenvalue weighted by Gasteiger charge is -2.62. The van der Waals surface area contributed by atoms with Gasteiger partial charge in [0.2, 0.25) is 0 Å². The van der Waals surface area contributed by atoms with Crippen molar-refractivity contribution in [3.63, 3.8) is 0 Å². The van der Waals surface area contributed by atoms with Gasteiger partial charge in [-0.05, 0) is 80.0 Å². The van der Waals surface area contributed by atoms with Gasteiger partial charge in [0.05, 0.1) is 12.2 Å². The van der Waals surface area contributed by atoms with Gasteiger partial charge < -0.3 is 20.4 Å². The molecule has 27 heavy (non-hydrogen) atoms. The number of rotatable bonds is 2. The zero-order valence-corrected chi connectivity index (χ0v) is 16.9. The second-order valence-electron chi connectivity index (χ2n) is 10.7. The Labute approximate surface area is 162 Å².